The number of carbonyl (C=O) groups excluding carboxylic acids is 4. The van der Waals surface area contributed by atoms with Crippen LogP contribution in [0.2, 0.25) is 0 Å². The van der Waals surface area contributed by atoms with E-state index >= 15 is 0 Å². The van der Waals surface area contributed by atoms with Crippen molar-refractivity contribution in [2.24, 2.45) is 0 Å². The van der Waals surface area contributed by atoms with Crippen LogP contribution in [0.3, 0.4) is 0 Å². The lowest BCUT2D eigenvalue weighted by Crippen LogP contribution is -2.54. The molecule has 0 spiro atoms. The summed E-state index contributed by atoms with van der Waals surface area (Å²) in [6.45, 7) is 3.79. The number of imide groups is 2. The molecule has 1 unspecified atom stereocenters. The highest BCUT2D eigenvalue weighted by atomic mass is 16.2. The van der Waals surface area contributed by atoms with Gasteiger partial charge < -0.3 is 10.6 Å². The molecule has 3 aliphatic heterocycles. The van der Waals surface area contributed by atoms with Gasteiger partial charge in [-0.2, -0.15) is 0 Å². The lowest BCUT2D eigenvalue weighted by atomic mass is 9.99. The van der Waals surface area contributed by atoms with Gasteiger partial charge in [0.1, 0.15) is 6.04 Å². The zero-order valence-corrected chi connectivity index (χ0v) is 15.8. The van der Waals surface area contributed by atoms with Crippen LogP contribution in [-0.4, -0.2) is 53.2 Å². The third kappa shape index (κ3) is 3.33. The molecular formula is C20H24N4O4. The van der Waals surface area contributed by atoms with E-state index in [1.54, 1.807) is 12.1 Å². The van der Waals surface area contributed by atoms with E-state index in [2.05, 4.69) is 22.9 Å². The second-order valence-corrected chi connectivity index (χ2v) is 7.70. The number of fused-ring (bicyclic) bond motifs is 1. The van der Waals surface area contributed by atoms with Gasteiger partial charge in [-0.1, -0.05) is 6.07 Å². The molecule has 0 saturated carbocycles. The van der Waals surface area contributed by atoms with E-state index in [0.717, 1.165) is 29.8 Å². The lowest BCUT2D eigenvalue weighted by molar-refractivity contribution is -0.136. The molecule has 1 aromatic rings. The fourth-order valence-electron chi connectivity index (χ4n) is 4.20. The number of benzene rings is 1. The molecule has 0 bridgehead atoms. The van der Waals surface area contributed by atoms with Crippen molar-refractivity contribution in [2.45, 2.75) is 57.3 Å². The zero-order valence-electron chi connectivity index (χ0n) is 15.8. The summed E-state index contributed by atoms with van der Waals surface area (Å²) in [5, 5.41) is 9.17. The van der Waals surface area contributed by atoms with Crippen LogP contribution in [-0.2, 0) is 16.1 Å². The van der Waals surface area contributed by atoms with Crippen LogP contribution in [0.5, 0.6) is 0 Å². The molecule has 8 nitrogen and oxygen atoms in total. The average molecular weight is 384 g/mol. The zero-order chi connectivity index (χ0) is 19.8. The van der Waals surface area contributed by atoms with Gasteiger partial charge in [0, 0.05) is 25.0 Å². The Labute approximate surface area is 163 Å². The normalized spacial score (nSPS) is 27.8. The quantitative estimate of drug-likeness (QED) is 0.646. The van der Waals surface area contributed by atoms with E-state index in [1.165, 1.54) is 0 Å². The van der Waals surface area contributed by atoms with Crippen LogP contribution in [0.1, 0.15) is 58.9 Å². The Kier molecular flexibility index (Phi) is 4.99. The van der Waals surface area contributed by atoms with Crippen LogP contribution in [0, 0.1) is 0 Å². The van der Waals surface area contributed by atoms with Gasteiger partial charge in [0.15, 0.2) is 0 Å². The average Bonchev–Trinajstić information content (AvgIpc) is 2.92. The third-order valence-corrected chi connectivity index (χ3v) is 5.83. The molecule has 3 heterocycles. The van der Waals surface area contributed by atoms with Crippen molar-refractivity contribution in [3.8, 4) is 0 Å². The maximum absolute atomic E-state index is 12.9. The van der Waals surface area contributed by atoms with Crippen molar-refractivity contribution in [2.75, 3.05) is 6.54 Å². The van der Waals surface area contributed by atoms with Crippen molar-refractivity contribution < 1.29 is 19.2 Å². The van der Waals surface area contributed by atoms with E-state index < -0.39 is 23.8 Å². The van der Waals surface area contributed by atoms with Gasteiger partial charge in [0.2, 0.25) is 11.8 Å². The number of hydrogen-bond acceptors (Lipinski definition) is 6. The molecule has 2 saturated heterocycles. The fraction of sp³-hybridized carbons (Fsp3) is 0.500. The molecule has 3 N–H and O–H groups in total. The summed E-state index contributed by atoms with van der Waals surface area (Å²) in [6.07, 6.45) is 2.50. The van der Waals surface area contributed by atoms with Gasteiger partial charge in [0.05, 0.1) is 11.1 Å². The van der Waals surface area contributed by atoms with Gasteiger partial charge in [-0.15, -0.1) is 0 Å². The highest BCUT2D eigenvalue weighted by Gasteiger charge is 2.44. The summed E-state index contributed by atoms with van der Waals surface area (Å²) in [5.74, 6) is -1.91. The van der Waals surface area contributed by atoms with Gasteiger partial charge in [-0.3, -0.25) is 29.4 Å². The van der Waals surface area contributed by atoms with E-state index in [0.29, 0.717) is 29.8 Å². The number of carbonyl (C=O) groups is 4. The van der Waals surface area contributed by atoms with Crippen molar-refractivity contribution in [1.82, 2.24) is 20.9 Å². The smallest absolute Gasteiger partial charge is 0.262 e. The van der Waals surface area contributed by atoms with Crippen molar-refractivity contribution in [1.29, 1.82) is 0 Å². The molecule has 28 heavy (non-hydrogen) atoms. The Balaban J connectivity index is 1.49. The molecule has 4 rings (SSSR count). The first kappa shape index (κ1) is 18.8. The van der Waals surface area contributed by atoms with E-state index in [4.69, 9.17) is 0 Å². The Hall–Kier alpha value is -2.58. The molecule has 0 radical (unpaired) electrons. The lowest BCUT2D eigenvalue weighted by Gasteiger charge is -2.30. The Morgan fingerprint density at radius 3 is 2.64 bits per heavy atom. The summed E-state index contributed by atoms with van der Waals surface area (Å²) < 4.78 is 0. The van der Waals surface area contributed by atoms with Crippen molar-refractivity contribution >= 4 is 23.6 Å². The minimum atomic E-state index is -0.930. The van der Waals surface area contributed by atoms with E-state index in [9.17, 15) is 19.2 Å². The molecule has 3 atom stereocenters. The Morgan fingerprint density at radius 1 is 1.11 bits per heavy atom. The summed E-state index contributed by atoms with van der Waals surface area (Å²) in [4.78, 5) is 50.0. The second kappa shape index (κ2) is 7.44. The van der Waals surface area contributed by atoms with Gasteiger partial charge in [-0.25, -0.2) is 0 Å². The molecule has 148 valence electrons. The second-order valence-electron chi connectivity index (χ2n) is 7.70. The largest absolute Gasteiger partial charge is 0.313 e. The number of nitrogens with one attached hydrogen (secondary N) is 3. The molecule has 0 aliphatic carbocycles. The molecule has 0 aromatic heterocycles. The number of rotatable bonds is 4. The molecule has 1 aromatic carbocycles. The predicted octanol–water partition coefficient (Wildman–Crippen LogP) is 0.318. The molecule has 2 fully saturated rings. The number of nitrogens with zero attached hydrogens (tertiary/aromatic N) is 1. The Bertz CT molecular complexity index is 853. The third-order valence-electron chi connectivity index (χ3n) is 5.83. The summed E-state index contributed by atoms with van der Waals surface area (Å²) in [7, 11) is 0. The van der Waals surface area contributed by atoms with Gasteiger partial charge in [-0.05, 0) is 50.4 Å². The highest BCUT2D eigenvalue weighted by Crippen LogP contribution is 2.28. The van der Waals surface area contributed by atoms with Gasteiger partial charge >= 0.3 is 0 Å². The molecule has 3 aliphatic rings. The maximum atomic E-state index is 12.9. The topological polar surface area (TPSA) is 108 Å². The summed E-state index contributed by atoms with van der Waals surface area (Å²) in [6, 6.07) is 5.04. The minimum absolute atomic E-state index is 0.118. The first-order chi connectivity index (χ1) is 13.5. The maximum Gasteiger partial charge on any atom is 0.262 e. The van der Waals surface area contributed by atoms with Crippen LogP contribution >= 0.6 is 0 Å². The number of hydrogen-bond donors (Lipinski definition) is 3. The minimum Gasteiger partial charge on any atom is -0.313 e. The van der Waals surface area contributed by atoms with E-state index in [1.807, 2.05) is 6.07 Å². The highest BCUT2D eigenvalue weighted by molar-refractivity contribution is 6.23. The first-order valence-electron chi connectivity index (χ1n) is 9.77. The number of amides is 4. The monoisotopic (exact) mass is 384 g/mol. The standard InChI is InChI=1S/C20H24N4O4/c1-11-15(3-2-8-21-11)22-10-12-4-5-13-14(9-12)20(28)24(19(13)27)16-6-7-17(25)23-18(16)26/h4-5,9,11,15-16,21-22H,2-3,6-8,10H2,1H3,(H,23,25,26)/t11-,15+,16?/m0/s1. The van der Waals surface area contributed by atoms with Crippen LogP contribution in [0.25, 0.3) is 0 Å². The first-order valence-corrected chi connectivity index (χ1v) is 9.77. The van der Waals surface area contributed by atoms with Crippen LogP contribution < -0.4 is 16.0 Å². The Morgan fingerprint density at radius 2 is 1.89 bits per heavy atom. The molecule has 8 heteroatoms. The van der Waals surface area contributed by atoms with Crippen molar-refractivity contribution in [3.63, 3.8) is 0 Å². The van der Waals surface area contributed by atoms with Crippen LogP contribution in [0.4, 0.5) is 0 Å². The molecular weight excluding hydrogens is 360 g/mol. The van der Waals surface area contributed by atoms with Gasteiger partial charge in [0.25, 0.3) is 11.8 Å². The predicted molar refractivity (Wildman–Crippen MR) is 100 cm³/mol. The number of piperidine rings is 2. The fourth-order valence-corrected chi connectivity index (χ4v) is 4.20. The molecule has 4 amide bonds. The summed E-state index contributed by atoms with van der Waals surface area (Å²) in [5.41, 5.74) is 1.55. The van der Waals surface area contributed by atoms with E-state index in [-0.39, 0.29) is 18.7 Å². The van der Waals surface area contributed by atoms with Crippen molar-refractivity contribution in [3.05, 3.63) is 34.9 Å². The SMILES string of the molecule is C[C@@H]1NCCC[C@H]1NCc1ccc2c(c1)C(=O)N(C1CCC(=O)NC1=O)C2=O. The van der Waals surface area contributed by atoms with Crippen LogP contribution in [0.15, 0.2) is 18.2 Å². The summed E-state index contributed by atoms with van der Waals surface area (Å²) >= 11 is 0.